The largest absolute Gasteiger partial charge is 0.433 e. The lowest BCUT2D eigenvalue weighted by Crippen LogP contribution is -2.11. The van der Waals surface area contributed by atoms with Crippen molar-refractivity contribution in [2.75, 3.05) is 0 Å². The van der Waals surface area contributed by atoms with Gasteiger partial charge in [0.05, 0.1) is 0 Å². The number of carbonyl (C=O) groups is 1. The maximum atomic E-state index is 12.5. The molecule has 1 saturated carbocycles. The Hall–Kier alpha value is -1.17. The Bertz CT molecular complexity index is 461. The summed E-state index contributed by atoms with van der Waals surface area (Å²) in [4.78, 5) is 18.0. The summed E-state index contributed by atoms with van der Waals surface area (Å²) in [5.74, 6) is -0.234. The molecular formula is C10H8ClF3N2O. The van der Waals surface area contributed by atoms with Crippen LogP contribution in [0, 0.1) is 0 Å². The first-order valence-electron chi connectivity index (χ1n) is 4.99. The van der Waals surface area contributed by atoms with Gasteiger partial charge in [0.1, 0.15) is 11.5 Å². The summed E-state index contributed by atoms with van der Waals surface area (Å²) in [7, 11) is 0. The highest BCUT2D eigenvalue weighted by Crippen LogP contribution is 2.34. The summed E-state index contributed by atoms with van der Waals surface area (Å²) in [6.07, 6.45) is -3.42. The van der Waals surface area contributed by atoms with Crippen molar-refractivity contribution in [3.63, 3.8) is 0 Å². The van der Waals surface area contributed by atoms with E-state index < -0.39 is 17.2 Å². The fraction of sp³-hybridized carbons (Fsp3) is 0.500. The summed E-state index contributed by atoms with van der Waals surface area (Å²) in [6, 6.07) is 0.870. The lowest BCUT2D eigenvalue weighted by Gasteiger charge is -2.11. The van der Waals surface area contributed by atoms with E-state index in [-0.39, 0.29) is 23.8 Å². The molecule has 0 radical (unpaired) electrons. The van der Waals surface area contributed by atoms with Crippen molar-refractivity contribution in [2.45, 2.75) is 31.4 Å². The van der Waals surface area contributed by atoms with Gasteiger partial charge in [-0.1, -0.05) is 0 Å². The van der Waals surface area contributed by atoms with Crippen LogP contribution in [0.3, 0.4) is 0 Å². The molecule has 0 aromatic carbocycles. The fourth-order valence-electron chi connectivity index (χ4n) is 1.86. The lowest BCUT2D eigenvalue weighted by atomic mass is 10.0. The molecule has 0 N–H and O–H groups in total. The third kappa shape index (κ3) is 2.74. The molecule has 0 amide bonds. The van der Waals surface area contributed by atoms with E-state index in [0.29, 0.717) is 12.8 Å². The summed E-state index contributed by atoms with van der Waals surface area (Å²) >= 11 is 5.46. The van der Waals surface area contributed by atoms with Crippen molar-refractivity contribution in [1.29, 1.82) is 0 Å². The first kappa shape index (κ1) is 12.3. The molecule has 1 aliphatic carbocycles. The summed E-state index contributed by atoms with van der Waals surface area (Å²) in [6.45, 7) is 0. The topological polar surface area (TPSA) is 42.9 Å². The van der Waals surface area contributed by atoms with Crippen LogP contribution in [-0.2, 0) is 11.0 Å². The monoisotopic (exact) mass is 264 g/mol. The molecule has 1 aromatic heterocycles. The molecule has 1 atom stereocenters. The summed E-state index contributed by atoms with van der Waals surface area (Å²) in [5, 5.41) is -0.436. The Labute approximate surface area is 100 Å². The molecule has 1 heterocycles. The standard InChI is InChI=1S/C10H8ClF3N2O/c11-9-15-7(5-1-2-6(17)3-5)4-8(16-9)10(12,13)14/h4-5H,1-3H2/t5-/m1/s1. The highest BCUT2D eigenvalue weighted by atomic mass is 35.5. The Morgan fingerprint density at radius 3 is 2.59 bits per heavy atom. The zero-order valence-electron chi connectivity index (χ0n) is 8.59. The molecular weight excluding hydrogens is 257 g/mol. The maximum Gasteiger partial charge on any atom is 0.433 e. The zero-order valence-corrected chi connectivity index (χ0v) is 9.35. The van der Waals surface area contributed by atoms with Gasteiger partial charge in [-0.2, -0.15) is 13.2 Å². The number of halogens is 4. The van der Waals surface area contributed by atoms with Gasteiger partial charge in [-0.25, -0.2) is 9.97 Å². The van der Waals surface area contributed by atoms with Gasteiger partial charge in [-0.15, -0.1) is 0 Å². The number of carbonyl (C=O) groups excluding carboxylic acids is 1. The number of alkyl halides is 3. The number of hydrogen-bond donors (Lipinski definition) is 0. The molecule has 1 aromatic rings. The van der Waals surface area contributed by atoms with Crippen molar-refractivity contribution in [2.24, 2.45) is 0 Å². The van der Waals surface area contributed by atoms with E-state index in [2.05, 4.69) is 9.97 Å². The normalized spacial score (nSPS) is 20.9. The van der Waals surface area contributed by atoms with E-state index in [4.69, 9.17) is 11.6 Å². The molecule has 0 bridgehead atoms. The van der Waals surface area contributed by atoms with Crippen LogP contribution in [-0.4, -0.2) is 15.8 Å². The fourth-order valence-corrected chi connectivity index (χ4v) is 2.05. The molecule has 2 rings (SSSR count). The molecule has 0 unspecified atom stereocenters. The number of aromatic nitrogens is 2. The number of hydrogen-bond acceptors (Lipinski definition) is 3. The van der Waals surface area contributed by atoms with Crippen LogP contribution >= 0.6 is 11.6 Å². The van der Waals surface area contributed by atoms with Crippen LogP contribution in [0.15, 0.2) is 6.07 Å². The molecule has 1 fully saturated rings. The summed E-state index contributed by atoms with van der Waals surface area (Å²) < 4.78 is 37.5. The minimum atomic E-state index is -4.55. The van der Waals surface area contributed by atoms with Gasteiger partial charge in [0.2, 0.25) is 5.28 Å². The lowest BCUT2D eigenvalue weighted by molar-refractivity contribution is -0.141. The highest BCUT2D eigenvalue weighted by molar-refractivity contribution is 6.28. The van der Waals surface area contributed by atoms with Gasteiger partial charge in [-0.3, -0.25) is 4.79 Å². The average molecular weight is 265 g/mol. The van der Waals surface area contributed by atoms with E-state index in [1.165, 1.54) is 0 Å². The van der Waals surface area contributed by atoms with E-state index in [9.17, 15) is 18.0 Å². The zero-order chi connectivity index (χ0) is 12.6. The Balaban J connectivity index is 2.35. The van der Waals surface area contributed by atoms with Crippen LogP contribution in [0.25, 0.3) is 0 Å². The second-order valence-electron chi connectivity index (χ2n) is 3.92. The van der Waals surface area contributed by atoms with Gasteiger partial charge in [-0.05, 0) is 24.1 Å². The van der Waals surface area contributed by atoms with E-state index >= 15 is 0 Å². The molecule has 0 saturated heterocycles. The minimum Gasteiger partial charge on any atom is -0.300 e. The van der Waals surface area contributed by atoms with Crippen molar-refractivity contribution < 1.29 is 18.0 Å². The van der Waals surface area contributed by atoms with Gasteiger partial charge in [0.15, 0.2) is 0 Å². The first-order chi connectivity index (χ1) is 7.86. The first-order valence-corrected chi connectivity index (χ1v) is 5.37. The Kier molecular flexibility index (Phi) is 3.07. The van der Waals surface area contributed by atoms with E-state index in [1.807, 2.05) is 0 Å². The molecule has 17 heavy (non-hydrogen) atoms. The van der Waals surface area contributed by atoms with Crippen molar-refractivity contribution in [1.82, 2.24) is 9.97 Å². The van der Waals surface area contributed by atoms with Gasteiger partial charge in [0.25, 0.3) is 0 Å². The average Bonchev–Trinajstić information content (AvgIpc) is 2.62. The van der Waals surface area contributed by atoms with Crippen molar-refractivity contribution >= 4 is 17.4 Å². The van der Waals surface area contributed by atoms with Crippen LogP contribution in [0.4, 0.5) is 13.2 Å². The second kappa shape index (κ2) is 4.25. The van der Waals surface area contributed by atoms with Gasteiger partial charge in [0, 0.05) is 24.5 Å². The van der Waals surface area contributed by atoms with Crippen LogP contribution in [0.5, 0.6) is 0 Å². The Morgan fingerprint density at radius 2 is 2.06 bits per heavy atom. The minimum absolute atomic E-state index is 0.0401. The quantitative estimate of drug-likeness (QED) is 0.733. The smallest absolute Gasteiger partial charge is 0.300 e. The number of ketones is 1. The third-order valence-electron chi connectivity index (χ3n) is 2.67. The molecule has 1 aliphatic rings. The molecule has 0 spiro atoms. The van der Waals surface area contributed by atoms with E-state index in [1.54, 1.807) is 0 Å². The highest BCUT2D eigenvalue weighted by Gasteiger charge is 2.35. The van der Waals surface area contributed by atoms with Gasteiger partial charge >= 0.3 is 6.18 Å². The molecule has 92 valence electrons. The van der Waals surface area contributed by atoms with Crippen molar-refractivity contribution in [3.8, 4) is 0 Å². The number of Topliss-reactive ketones (excluding diaryl/α,β-unsaturated/α-hetero) is 1. The predicted molar refractivity (Wildman–Crippen MR) is 53.6 cm³/mol. The maximum absolute atomic E-state index is 12.5. The SMILES string of the molecule is O=C1CC[C@@H](c2cc(C(F)(F)F)nc(Cl)n2)C1. The second-order valence-corrected chi connectivity index (χ2v) is 4.26. The van der Waals surface area contributed by atoms with Crippen molar-refractivity contribution in [3.05, 3.63) is 22.7 Å². The van der Waals surface area contributed by atoms with Crippen LogP contribution in [0.2, 0.25) is 5.28 Å². The number of nitrogens with zero attached hydrogens (tertiary/aromatic N) is 2. The van der Waals surface area contributed by atoms with Crippen LogP contribution in [0.1, 0.15) is 36.6 Å². The summed E-state index contributed by atoms with van der Waals surface area (Å²) in [5.41, 5.74) is -0.866. The van der Waals surface area contributed by atoms with Crippen LogP contribution < -0.4 is 0 Å². The molecule has 7 heteroatoms. The van der Waals surface area contributed by atoms with E-state index in [0.717, 1.165) is 6.07 Å². The molecule has 0 aliphatic heterocycles. The molecule has 3 nitrogen and oxygen atoms in total. The Morgan fingerprint density at radius 1 is 1.35 bits per heavy atom. The third-order valence-corrected chi connectivity index (χ3v) is 2.84. The number of rotatable bonds is 1. The predicted octanol–water partition coefficient (Wildman–Crippen LogP) is 2.99. The van der Waals surface area contributed by atoms with Gasteiger partial charge < -0.3 is 0 Å².